The molecule has 4 nitrogen and oxygen atoms in total. The van der Waals surface area contributed by atoms with Crippen molar-refractivity contribution in [2.24, 2.45) is 7.05 Å². The highest BCUT2D eigenvalue weighted by Crippen LogP contribution is 2.28. The number of aryl methyl sites for hydroxylation is 3. The highest BCUT2D eigenvalue weighted by atomic mass is 16.5. The molecule has 0 aliphatic heterocycles. The van der Waals surface area contributed by atoms with Gasteiger partial charge in [-0.05, 0) is 32.4 Å². The van der Waals surface area contributed by atoms with Crippen LogP contribution in [-0.2, 0) is 13.5 Å². The molecule has 1 atom stereocenters. The summed E-state index contributed by atoms with van der Waals surface area (Å²) in [7, 11) is 3.55. The smallest absolute Gasteiger partial charge is 0.122 e. The lowest BCUT2D eigenvalue weighted by atomic mass is 9.98. The highest BCUT2D eigenvalue weighted by Gasteiger charge is 2.19. The van der Waals surface area contributed by atoms with Crippen LogP contribution in [0.25, 0.3) is 0 Å². The Kier molecular flexibility index (Phi) is 4.14. The van der Waals surface area contributed by atoms with E-state index < -0.39 is 6.10 Å². The van der Waals surface area contributed by atoms with E-state index in [4.69, 9.17) is 4.74 Å². The fraction of sp³-hybridized carbons (Fsp3) is 0.438. The van der Waals surface area contributed by atoms with Crippen LogP contribution in [0.2, 0.25) is 0 Å². The second kappa shape index (κ2) is 5.67. The second-order valence-corrected chi connectivity index (χ2v) is 5.24. The van der Waals surface area contributed by atoms with E-state index in [1.165, 1.54) is 0 Å². The molecule has 0 amide bonds. The lowest BCUT2D eigenvalue weighted by Crippen LogP contribution is -2.06. The average Bonchev–Trinajstić information content (AvgIpc) is 2.63. The van der Waals surface area contributed by atoms with Gasteiger partial charge in [0.25, 0.3) is 0 Å². The average molecular weight is 274 g/mol. The minimum atomic E-state index is -0.570. The Morgan fingerprint density at radius 3 is 2.55 bits per heavy atom. The third-order valence-corrected chi connectivity index (χ3v) is 3.75. The van der Waals surface area contributed by atoms with Crippen molar-refractivity contribution in [2.45, 2.75) is 33.3 Å². The molecule has 0 saturated carbocycles. The van der Waals surface area contributed by atoms with Gasteiger partial charge in [0.15, 0.2) is 0 Å². The molecule has 2 rings (SSSR count). The summed E-state index contributed by atoms with van der Waals surface area (Å²) in [6, 6.07) is 6.01. The highest BCUT2D eigenvalue weighted by molar-refractivity contribution is 5.39. The SMILES string of the molecule is COc1ccc(C)cc1CC(O)c1c(C)nn(C)c1C. The van der Waals surface area contributed by atoms with Gasteiger partial charge in [-0.1, -0.05) is 17.7 Å². The molecule has 1 aromatic heterocycles. The summed E-state index contributed by atoms with van der Waals surface area (Å²) in [5.41, 5.74) is 4.97. The summed E-state index contributed by atoms with van der Waals surface area (Å²) in [5, 5.41) is 14.9. The number of hydrogen-bond donors (Lipinski definition) is 1. The van der Waals surface area contributed by atoms with Crippen LogP contribution in [-0.4, -0.2) is 22.0 Å². The van der Waals surface area contributed by atoms with Crippen LogP contribution in [0, 0.1) is 20.8 Å². The van der Waals surface area contributed by atoms with E-state index in [1.807, 2.05) is 40.0 Å². The zero-order valence-corrected chi connectivity index (χ0v) is 12.8. The molecule has 0 saturated heterocycles. The Labute approximate surface area is 120 Å². The summed E-state index contributed by atoms with van der Waals surface area (Å²) in [5.74, 6) is 0.814. The Morgan fingerprint density at radius 1 is 1.30 bits per heavy atom. The molecule has 2 aromatic rings. The molecule has 20 heavy (non-hydrogen) atoms. The first-order valence-corrected chi connectivity index (χ1v) is 6.75. The summed E-state index contributed by atoms with van der Waals surface area (Å²) in [4.78, 5) is 0. The maximum atomic E-state index is 10.6. The molecule has 0 aliphatic carbocycles. The van der Waals surface area contributed by atoms with Crippen molar-refractivity contribution < 1.29 is 9.84 Å². The normalized spacial score (nSPS) is 12.5. The van der Waals surface area contributed by atoms with E-state index in [-0.39, 0.29) is 0 Å². The van der Waals surface area contributed by atoms with Crippen LogP contribution in [0.15, 0.2) is 18.2 Å². The first-order valence-electron chi connectivity index (χ1n) is 6.75. The van der Waals surface area contributed by atoms with Crippen molar-refractivity contribution in [3.8, 4) is 5.75 Å². The zero-order valence-electron chi connectivity index (χ0n) is 12.8. The Morgan fingerprint density at radius 2 is 2.00 bits per heavy atom. The number of aromatic nitrogens is 2. The van der Waals surface area contributed by atoms with Crippen LogP contribution in [0.5, 0.6) is 5.75 Å². The fourth-order valence-corrected chi connectivity index (χ4v) is 2.65. The number of aliphatic hydroxyl groups is 1. The van der Waals surface area contributed by atoms with E-state index in [0.29, 0.717) is 6.42 Å². The molecule has 0 radical (unpaired) electrons. The van der Waals surface area contributed by atoms with Gasteiger partial charge in [0, 0.05) is 24.7 Å². The number of benzene rings is 1. The van der Waals surface area contributed by atoms with E-state index >= 15 is 0 Å². The molecule has 1 unspecified atom stereocenters. The van der Waals surface area contributed by atoms with Gasteiger partial charge in [0.05, 0.1) is 18.9 Å². The van der Waals surface area contributed by atoms with Gasteiger partial charge in [-0.15, -0.1) is 0 Å². The summed E-state index contributed by atoms with van der Waals surface area (Å²) in [6.45, 7) is 5.95. The number of nitrogens with zero attached hydrogens (tertiary/aromatic N) is 2. The Hall–Kier alpha value is -1.81. The molecule has 108 valence electrons. The van der Waals surface area contributed by atoms with Gasteiger partial charge in [-0.25, -0.2) is 0 Å². The molecule has 0 fully saturated rings. The summed E-state index contributed by atoms with van der Waals surface area (Å²) in [6.07, 6.45) is -0.0440. The molecule has 0 bridgehead atoms. The van der Waals surface area contributed by atoms with Gasteiger partial charge >= 0.3 is 0 Å². The predicted molar refractivity (Wildman–Crippen MR) is 79.1 cm³/mol. The molecular formula is C16H22N2O2. The van der Waals surface area contributed by atoms with Gasteiger partial charge in [-0.2, -0.15) is 5.10 Å². The molecule has 1 aromatic carbocycles. The molecule has 0 aliphatic rings. The molecule has 1 N–H and O–H groups in total. The number of rotatable bonds is 4. The third kappa shape index (κ3) is 2.70. The van der Waals surface area contributed by atoms with E-state index in [9.17, 15) is 5.11 Å². The van der Waals surface area contributed by atoms with Crippen LogP contribution in [0.3, 0.4) is 0 Å². The van der Waals surface area contributed by atoms with Crippen molar-refractivity contribution >= 4 is 0 Å². The minimum absolute atomic E-state index is 0.526. The van der Waals surface area contributed by atoms with Gasteiger partial charge in [0.2, 0.25) is 0 Å². The number of hydrogen-bond acceptors (Lipinski definition) is 3. The van der Waals surface area contributed by atoms with Gasteiger partial charge < -0.3 is 9.84 Å². The van der Waals surface area contributed by atoms with E-state index in [0.717, 1.165) is 33.8 Å². The lowest BCUT2D eigenvalue weighted by Gasteiger charge is -2.15. The largest absolute Gasteiger partial charge is 0.496 e. The first-order chi connectivity index (χ1) is 9.43. The quantitative estimate of drug-likeness (QED) is 0.932. The minimum Gasteiger partial charge on any atom is -0.496 e. The molecule has 4 heteroatoms. The number of aliphatic hydroxyl groups excluding tert-OH is 1. The molecule has 1 heterocycles. The van der Waals surface area contributed by atoms with Crippen LogP contribution >= 0.6 is 0 Å². The van der Waals surface area contributed by atoms with Crippen LogP contribution in [0.4, 0.5) is 0 Å². The van der Waals surface area contributed by atoms with Crippen molar-refractivity contribution in [3.63, 3.8) is 0 Å². The standard InChI is InChI=1S/C16H22N2O2/c1-10-6-7-15(20-5)13(8-10)9-14(19)16-11(2)17-18(4)12(16)3/h6-8,14,19H,9H2,1-5H3. The number of methoxy groups -OCH3 is 1. The van der Waals surface area contributed by atoms with Crippen molar-refractivity contribution in [3.05, 3.63) is 46.3 Å². The van der Waals surface area contributed by atoms with E-state index in [2.05, 4.69) is 11.2 Å². The summed E-state index contributed by atoms with van der Waals surface area (Å²) < 4.78 is 7.18. The maximum absolute atomic E-state index is 10.6. The first kappa shape index (κ1) is 14.6. The van der Waals surface area contributed by atoms with Crippen LogP contribution in [0.1, 0.15) is 34.2 Å². The monoisotopic (exact) mass is 274 g/mol. The van der Waals surface area contributed by atoms with Crippen LogP contribution < -0.4 is 4.74 Å². The number of ether oxygens (including phenoxy) is 1. The third-order valence-electron chi connectivity index (χ3n) is 3.75. The predicted octanol–water partition coefficient (Wildman–Crippen LogP) is 2.63. The Bertz CT molecular complexity index is 617. The molecular weight excluding hydrogens is 252 g/mol. The van der Waals surface area contributed by atoms with Crippen molar-refractivity contribution in [2.75, 3.05) is 7.11 Å². The fourth-order valence-electron chi connectivity index (χ4n) is 2.65. The van der Waals surface area contributed by atoms with Gasteiger partial charge in [0.1, 0.15) is 5.75 Å². The zero-order chi connectivity index (χ0) is 14.9. The molecule has 0 spiro atoms. The maximum Gasteiger partial charge on any atom is 0.122 e. The lowest BCUT2D eigenvalue weighted by molar-refractivity contribution is 0.175. The van der Waals surface area contributed by atoms with E-state index in [1.54, 1.807) is 11.8 Å². The second-order valence-electron chi connectivity index (χ2n) is 5.24. The summed E-state index contributed by atoms with van der Waals surface area (Å²) >= 11 is 0. The van der Waals surface area contributed by atoms with Crippen molar-refractivity contribution in [1.29, 1.82) is 0 Å². The topological polar surface area (TPSA) is 47.3 Å². The van der Waals surface area contributed by atoms with Crippen molar-refractivity contribution in [1.82, 2.24) is 9.78 Å². The van der Waals surface area contributed by atoms with Gasteiger partial charge in [-0.3, -0.25) is 4.68 Å². The Balaban J connectivity index is 2.32.